The molecule has 1 amide bonds. The first-order chi connectivity index (χ1) is 7.58. The van der Waals surface area contributed by atoms with Gasteiger partial charge in [0, 0.05) is 16.4 Å². The normalized spacial score (nSPS) is 12.2. The number of hydrogen-bond donors (Lipinski definition) is 1. The maximum absolute atomic E-state index is 11.9. The van der Waals surface area contributed by atoms with Crippen LogP contribution in [0.2, 0.25) is 10.0 Å². The van der Waals surface area contributed by atoms with Gasteiger partial charge in [-0.15, -0.1) is 0 Å². The molecule has 1 N–H and O–H groups in total. The molecule has 0 spiro atoms. The maximum atomic E-state index is 11.9. The third-order valence-electron chi connectivity index (χ3n) is 2.19. The Bertz CT molecular complexity index is 380. The van der Waals surface area contributed by atoms with E-state index in [1.54, 1.807) is 18.2 Å². The zero-order chi connectivity index (χ0) is 12.1. The van der Waals surface area contributed by atoms with Gasteiger partial charge in [0.2, 0.25) is 0 Å². The number of amides is 1. The minimum Gasteiger partial charge on any atom is -0.348 e. The molecule has 0 fully saturated rings. The van der Waals surface area contributed by atoms with Crippen LogP contribution in [0.3, 0.4) is 0 Å². The summed E-state index contributed by atoms with van der Waals surface area (Å²) in [6.07, 6.45) is 0.856. The Balaban J connectivity index is 2.83. The van der Waals surface area contributed by atoms with Crippen molar-refractivity contribution >= 4 is 45.0 Å². The number of rotatable bonds is 4. The number of nitrogens with one attached hydrogen (secondary N) is 1. The molecule has 1 aromatic rings. The lowest BCUT2D eigenvalue weighted by Gasteiger charge is -2.14. The summed E-state index contributed by atoms with van der Waals surface area (Å²) in [4.78, 5) is 11.9. The monoisotopic (exact) mass is 323 g/mol. The molecule has 0 aliphatic heterocycles. The fourth-order valence-electron chi connectivity index (χ4n) is 1.18. The van der Waals surface area contributed by atoms with Crippen molar-refractivity contribution < 1.29 is 4.79 Å². The van der Waals surface area contributed by atoms with Gasteiger partial charge in [0.25, 0.3) is 5.91 Å². The smallest absolute Gasteiger partial charge is 0.253 e. The van der Waals surface area contributed by atoms with Gasteiger partial charge in [-0.05, 0) is 24.6 Å². The number of carbonyl (C=O) groups excluding carboxylic acids is 1. The summed E-state index contributed by atoms with van der Waals surface area (Å²) in [7, 11) is 0. The molecule has 0 saturated heterocycles. The second-order valence-electron chi connectivity index (χ2n) is 3.36. The van der Waals surface area contributed by atoms with Crippen LogP contribution in [0.25, 0.3) is 0 Å². The number of halogens is 3. The summed E-state index contributed by atoms with van der Waals surface area (Å²) < 4.78 is 0. The Morgan fingerprint density at radius 2 is 2.19 bits per heavy atom. The van der Waals surface area contributed by atoms with Crippen molar-refractivity contribution in [2.45, 2.75) is 19.4 Å². The summed E-state index contributed by atoms with van der Waals surface area (Å²) in [5.41, 5.74) is 0.411. The largest absolute Gasteiger partial charge is 0.348 e. The summed E-state index contributed by atoms with van der Waals surface area (Å²) in [6.45, 7) is 2.01. The van der Waals surface area contributed by atoms with Gasteiger partial charge in [0.05, 0.1) is 10.6 Å². The van der Waals surface area contributed by atoms with Crippen LogP contribution in [0.4, 0.5) is 0 Å². The highest BCUT2D eigenvalue weighted by atomic mass is 79.9. The van der Waals surface area contributed by atoms with Crippen LogP contribution in [0.15, 0.2) is 18.2 Å². The van der Waals surface area contributed by atoms with Crippen LogP contribution >= 0.6 is 39.1 Å². The highest BCUT2D eigenvalue weighted by molar-refractivity contribution is 9.09. The lowest BCUT2D eigenvalue weighted by Crippen LogP contribution is -2.35. The standard InChI is InChI=1S/C11H12BrCl2NO/c1-2-8(6-12)15-11(16)9-5-7(13)3-4-10(9)14/h3-5,8H,2,6H2,1H3,(H,15,16). The van der Waals surface area contributed by atoms with Crippen LogP contribution in [0.1, 0.15) is 23.7 Å². The van der Waals surface area contributed by atoms with Gasteiger partial charge in [-0.2, -0.15) is 0 Å². The molecule has 1 unspecified atom stereocenters. The lowest BCUT2D eigenvalue weighted by atomic mass is 10.2. The molecule has 0 saturated carbocycles. The Hall–Kier alpha value is -0.250. The Morgan fingerprint density at radius 1 is 1.50 bits per heavy atom. The Morgan fingerprint density at radius 3 is 2.75 bits per heavy atom. The first-order valence-electron chi connectivity index (χ1n) is 4.90. The van der Waals surface area contributed by atoms with Gasteiger partial charge in [0.1, 0.15) is 0 Å². The molecule has 16 heavy (non-hydrogen) atoms. The molecule has 0 aliphatic rings. The predicted molar refractivity (Wildman–Crippen MR) is 71.8 cm³/mol. The van der Waals surface area contributed by atoms with Crippen LogP contribution < -0.4 is 5.32 Å². The average molecular weight is 325 g/mol. The number of hydrogen-bond acceptors (Lipinski definition) is 1. The van der Waals surface area contributed by atoms with Crippen LogP contribution in [-0.4, -0.2) is 17.3 Å². The molecule has 88 valence electrons. The molecular formula is C11H12BrCl2NO. The molecule has 0 heterocycles. The van der Waals surface area contributed by atoms with Gasteiger partial charge in [-0.1, -0.05) is 46.1 Å². The molecule has 1 atom stereocenters. The first-order valence-corrected chi connectivity index (χ1v) is 6.78. The van der Waals surface area contributed by atoms with E-state index in [0.717, 1.165) is 6.42 Å². The van der Waals surface area contributed by atoms with Gasteiger partial charge in [-0.3, -0.25) is 4.79 Å². The van der Waals surface area contributed by atoms with E-state index in [1.165, 1.54) is 0 Å². The molecule has 0 aliphatic carbocycles. The van der Waals surface area contributed by atoms with Crippen molar-refractivity contribution in [3.05, 3.63) is 33.8 Å². The second kappa shape index (κ2) is 6.48. The molecule has 2 nitrogen and oxygen atoms in total. The number of carbonyl (C=O) groups is 1. The molecular weight excluding hydrogens is 313 g/mol. The van der Waals surface area contributed by atoms with E-state index in [2.05, 4.69) is 21.2 Å². The van der Waals surface area contributed by atoms with Gasteiger partial charge < -0.3 is 5.32 Å². The van der Waals surface area contributed by atoms with Crippen LogP contribution in [0, 0.1) is 0 Å². The first kappa shape index (κ1) is 13.8. The summed E-state index contributed by atoms with van der Waals surface area (Å²) in [5.74, 6) is -0.196. The number of benzene rings is 1. The van der Waals surface area contributed by atoms with Crippen LogP contribution in [0.5, 0.6) is 0 Å². The zero-order valence-electron chi connectivity index (χ0n) is 8.77. The molecule has 1 aromatic carbocycles. The van der Waals surface area contributed by atoms with Gasteiger partial charge in [0.15, 0.2) is 0 Å². The Kier molecular flexibility index (Phi) is 5.59. The van der Waals surface area contributed by atoms with E-state index >= 15 is 0 Å². The predicted octanol–water partition coefficient (Wildman–Crippen LogP) is 3.90. The maximum Gasteiger partial charge on any atom is 0.253 e. The third-order valence-corrected chi connectivity index (χ3v) is 3.53. The molecule has 0 radical (unpaired) electrons. The molecule has 1 rings (SSSR count). The molecule has 0 bridgehead atoms. The van der Waals surface area contributed by atoms with Crippen molar-refractivity contribution in [1.82, 2.24) is 5.32 Å². The second-order valence-corrected chi connectivity index (χ2v) is 4.85. The zero-order valence-corrected chi connectivity index (χ0v) is 11.9. The minimum absolute atomic E-state index is 0.0996. The quantitative estimate of drug-likeness (QED) is 0.836. The van der Waals surface area contributed by atoms with Gasteiger partial charge in [-0.25, -0.2) is 0 Å². The fourth-order valence-corrected chi connectivity index (χ4v) is 2.18. The topological polar surface area (TPSA) is 29.1 Å². The van der Waals surface area contributed by atoms with E-state index in [0.29, 0.717) is 20.9 Å². The summed E-state index contributed by atoms with van der Waals surface area (Å²) in [5, 5.41) is 4.50. The van der Waals surface area contributed by atoms with E-state index in [4.69, 9.17) is 23.2 Å². The minimum atomic E-state index is -0.196. The lowest BCUT2D eigenvalue weighted by molar-refractivity contribution is 0.0940. The van der Waals surface area contributed by atoms with E-state index in [-0.39, 0.29) is 11.9 Å². The van der Waals surface area contributed by atoms with E-state index in [1.807, 2.05) is 6.92 Å². The molecule has 5 heteroatoms. The van der Waals surface area contributed by atoms with Crippen molar-refractivity contribution in [1.29, 1.82) is 0 Å². The summed E-state index contributed by atoms with van der Waals surface area (Å²) in [6, 6.07) is 4.94. The van der Waals surface area contributed by atoms with Crippen molar-refractivity contribution in [2.24, 2.45) is 0 Å². The highest BCUT2D eigenvalue weighted by Gasteiger charge is 2.14. The third kappa shape index (κ3) is 3.65. The van der Waals surface area contributed by atoms with Crippen molar-refractivity contribution in [3.63, 3.8) is 0 Å². The summed E-state index contributed by atoms with van der Waals surface area (Å²) >= 11 is 15.1. The Labute approximate surface area is 113 Å². The average Bonchev–Trinajstić information content (AvgIpc) is 2.28. The van der Waals surface area contributed by atoms with Gasteiger partial charge >= 0.3 is 0 Å². The highest BCUT2D eigenvalue weighted by Crippen LogP contribution is 2.20. The number of alkyl halides is 1. The van der Waals surface area contributed by atoms with Crippen LogP contribution in [-0.2, 0) is 0 Å². The van der Waals surface area contributed by atoms with E-state index < -0.39 is 0 Å². The molecule has 0 aromatic heterocycles. The van der Waals surface area contributed by atoms with Crippen molar-refractivity contribution in [3.8, 4) is 0 Å². The van der Waals surface area contributed by atoms with Crippen molar-refractivity contribution in [2.75, 3.05) is 5.33 Å². The fraction of sp³-hybridized carbons (Fsp3) is 0.364. The SMILES string of the molecule is CCC(CBr)NC(=O)c1cc(Cl)ccc1Cl. The van der Waals surface area contributed by atoms with E-state index in [9.17, 15) is 4.79 Å².